The minimum Gasteiger partial charge on any atom is -0.394 e. The first-order valence-corrected chi connectivity index (χ1v) is 20.2. The first-order chi connectivity index (χ1) is 22.7. The number of hydrogen-bond donors (Lipinski definition) is 3. The molecule has 0 aliphatic heterocycles. The normalized spacial score (nSPS) is 13.4. The third-order valence-electron chi connectivity index (χ3n) is 9.10. The summed E-state index contributed by atoms with van der Waals surface area (Å²) in [5, 5.41) is 22.9. The highest BCUT2D eigenvalue weighted by Gasteiger charge is 2.17. The van der Waals surface area contributed by atoms with Gasteiger partial charge in [0.2, 0.25) is 5.91 Å². The molecule has 0 aliphatic rings. The molecule has 0 aromatic rings. The Bertz CT molecular complexity index is 701. The summed E-state index contributed by atoms with van der Waals surface area (Å²) >= 11 is 0. The van der Waals surface area contributed by atoms with E-state index in [9.17, 15) is 15.0 Å². The van der Waals surface area contributed by atoms with Gasteiger partial charge in [0.25, 0.3) is 0 Å². The lowest BCUT2D eigenvalue weighted by molar-refractivity contribution is -0.123. The lowest BCUT2D eigenvalue weighted by Gasteiger charge is -2.19. The number of aliphatic hydroxyl groups excluding tert-OH is 2. The van der Waals surface area contributed by atoms with Crippen LogP contribution in [-0.2, 0) is 4.79 Å². The zero-order valence-corrected chi connectivity index (χ0v) is 30.8. The minimum atomic E-state index is -0.866. The molecule has 4 nitrogen and oxygen atoms in total. The molecule has 0 heterocycles. The minimum absolute atomic E-state index is 0.0772. The topological polar surface area (TPSA) is 69.6 Å². The number of rotatable bonds is 36. The molecular weight excluding hydrogens is 566 g/mol. The Labute approximate surface area is 287 Å². The van der Waals surface area contributed by atoms with Crippen molar-refractivity contribution in [3.05, 3.63) is 36.5 Å². The Kier molecular flexibility index (Phi) is 36.9. The molecule has 2 atom stereocenters. The van der Waals surface area contributed by atoms with Gasteiger partial charge in [-0.3, -0.25) is 4.79 Å². The Balaban J connectivity index is 3.66. The van der Waals surface area contributed by atoms with E-state index in [4.69, 9.17) is 0 Å². The van der Waals surface area contributed by atoms with Crippen LogP contribution < -0.4 is 5.32 Å². The molecule has 0 aromatic carbocycles. The van der Waals surface area contributed by atoms with Crippen LogP contribution in [0.3, 0.4) is 0 Å². The van der Waals surface area contributed by atoms with E-state index in [2.05, 4.69) is 43.5 Å². The standard InChI is InChI=1S/C42H79NO3/c1-3-5-7-9-11-13-15-17-19-21-22-23-25-27-29-31-33-35-37-41(45)40(39-44)43-42(46)38-36-34-32-30-28-26-24-20-18-16-14-12-10-8-6-4-2/h21-22,27,29,35,37,40-41,44-45H,3-20,23-26,28,30-34,36,38-39H2,1-2H3,(H,43,46)/b22-21+,29-27+,37-35+. The summed E-state index contributed by atoms with van der Waals surface area (Å²) in [5.41, 5.74) is 0. The van der Waals surface area contributed by atoms with Crippen LogP contribution in [0.25, 0.3) is 0 Å². The van der Waals surface area contributed by atoms with Crippen LogP contribution in [0.15, 0.2) is 36.5 Å². The predicted octanol–water partition coefficient (Wildman–Crippen LogP) is 12.2. The van der Waals surface area contributed by atoms with Gasteiger partial charge in [-0.1, -0.05) is 192 Å². The van der Waals surface area contributed by atoms with Gasteiger partial charge in [-0.2, -0.15) is 0 Å². The molecule has 46 heavy (non-hydrogen) atoms. The van der Waals surface area contributed by atoms with Crippen LogP contribution in [0.2, 0.25) is 0 Å². The number of allylic oxidation sites excluding steroid dienone is 5. The maximum absolute atomic E-state index is 12.3. The van der Waals surface area contributed by atoms with E-state index in [1.54, 1.807) is 6.08 Å². The molecule has 270 valence electrons. The lowest BCUT2D eigenvalue weighted by atomic mass is 10.0. The van der Waals surface area contributed by atoms with Crippen LogP contribution in [0, 0.1) is 0 Å². The fraction of sp³-hybridized carbons (Fsp3) is 0.833. The average molecular weight is 646 g/mol. The monoisotopic (exact) mass is 646 g/mol. The van der Waals surface area contributed by atoms with Crippen molar-refractivity contribution in [2.45, 2.75) is 219 Å². The average Bonchev–Trinajstić information content (AvgIpc) is 3.06. The molecular formula is C42H79NO3. The molecule has 0 bridgehead atoms. The fourth-order valence-corrected chi connectivity index (χ4v) is 5.97. The number of unbranched alkanes of at least 4 members (excludes halogenated alkanes) is 25. The quantitative estimate of drug-likeness (QED) is 0.0469. The van der Waals surface area contributed by atoms with Crippen LogP contribution in [-0.4, -0.2) is 34.9 Å². The SMILES string of the molecule is CCCCCCCCCC/C=C/CC/C=C/CC/C=C/C(O)C(CO)NC(=O)CCCCCCCCCCCCCCCCCC. The second kappa shape index (κ2) is 38.1. The van der Waals surface area contributed by atoms with Crippen molar-refractivity contribution < 1.29 is 15.0 Å². The zero-order chi connectivity index (χ0) is 33.6. The summed E-state index contributed by atoms with van der Waals surface area (Å²) in [6, 6.07) is -0.641. The molecule has 0 aliphatic carbocycles. The smallest absolute Gasteiger partial charge is 0.220 e. The maximum atomic E-state index is 12.3. The van der Waals surface area contributed by atoms with E-state index < -0.39 is 12.1 Å². The largest absolute Gasteiger partial charge is 0.394 e. The van der Waals surface area contributed by atoms with E-state index in [0.717, 1.165) is 38.5 Å². The summed E-state index contributed by atoms with van der Waals surface area (Å²) in [7, 11) is 0. The Morgan fingerprint density at radius 3 is 1.26 bits per heavy atom. The van der Waals surface area contributed by atoms with Gasteiger partial charge in [-0.05, 0) is 44.9 Å². The van der Waals surface area contributed by atoms with E-state index >= 15 is 0 Å². The Morgan fingerprint density at radius 2 is 0.848 bits per heavy atom. The summed E-state index contributed by atoms with van der Waals surface area (Å²) in [4.78, 5) is 12.3. The number of aliphatic hydroxyl groups is 2. The lowest BCUT2D eigenvalue weighted by Crippen LogP contribution is -2.45. The highest BCUT2D eigenvalue weighted by atomic mass is 16.3. The van der Waals surface area contributed by atoms with Gasteiger partial charge in [0.05, 0.1) is 18.8 Å². The molecule has 0 aromatic heterocycles. The highest BCUT2D eigenvalue weighted by molar-refractivity contribution is 5.76. The first-order valence-electron chi connectivity index (χ1n) is 20.2. The third-order valence-corrected chi connectivity index (χ3v) is 9.10. The molecule has 1 amide bonds. The predicted molar refractivity (Wildman–Crippen MR) is 202 cm³/mol. The number of carbonyl (C=O) groups is 1. The highest BCUT2D eigenvalue weighted by Crippen LogP contribution is 2.14. The first kappa shape index (κ1) is 44.6. The van der Waals surface area contributed by atoms with Crippen LogP contribution >= 0.6 is 0 Å². The van der Waals surface area contributed by atoms with Crippen molar-refractivity contribution in [2.24, 2.45) is 0 Å². The van der Waals surface area contributed by atoms with Gasteiger partial charge in [0.15, 0.2) is 0 Å². The molecule has 0 saturated carbocycles. The molecule has 0 rings (SSSR count). The number of hydrogen-bond acceptors (Lipinski definition) is 3. The van der Waals surface area contributed by atoms with E-state index in [0.29, 0.717) is 6.42 Å². The summed E-state index contributed by atoms with van der Waals surface area (Å²) in [6.45, 7) is 4.29. The van der Waals surface area contributed by atoms with Crippen LogP contribution in [0.4, 0.5) is 0 Å². The fourth-order valence-electron chi connectivity index (χ4n) is 5.97. The van der Waals surface area contributed by atoms with E-state index in [1.165, 1.54) is 148 Å². The number of carbonyl (C=O) groups excluding carboxylic acids is 1. The summed E-state index contributed by atoms with van der Waals surface area (Å²) in [5.74, 6) is -0.0772. The van der Waals surface area contributed by atoms with Crippen LogP contribution in [0.1, 0.15) is 206 Å². The Morgan fingerprint density at radius 1 is 0.500 bits per heavy atom. The molecule has 0 fully saturated rings. The van der Waals surface area contributed by atoms with Crippen molar-refractivity contribution in [3.63, 3.8) is 0 Å². The molecule has 4 heteroatoms. The van der Waals surface area contributed by atoms with Gasteiger partial charge >= 0.3 is 0 Å². The van der Waals surface area contributed by atoms with Crippen molar-refractivity contribution in [1.29, 1.82) is 0 Å². The van der Waals surface area contributed by atoms with E-state index in [-0.39, 0.29) is 12.5 Å². The third kappa shape index (κ3) is 34.0. The summed E-state index contributed by atoms with van der Waals surface area (Å²) in [6.07, 6.45) is 49.5. The number of nitrogens with one attached hydrogen (secondary N) is 1. The van der Waals surface area contributed by atoms with Crippen molar-refractivity contribution in [2.75, 3.05) is 6.61 Å². The number of amides is 1. The molecule has 0 saturated heterocycles. The van der Waals surface area contributed by atoms with Crippen molar-refractivity contribution in [1.82, 2.24) is 5.32 Å². The second-order valence-electron chi connectivity index (χ2n) is 13.7. The molecule has 0 radical (unpaired) electrons. The maximum Gasteiger partial charge on any atom is 0.220 e. The van der Waals surface area contributed by atoms with Gasteiger partial charge < -0.3 is 15.5 Å². The van der Waals surface area contributed by atoms with Gasteiger partial charge in [0.1, 0.15) is 0 Å². The zero-order valence-electron chi connectivity index (χ0n) is 30.8. The van der Waals surface area contributed by atoms with Gasteiger partial charge in [0, 0.05) is 6.42 Å². The molecule has 2 unspecified atom stereocenters. The Hall–Kier alpha value is -1.39. The molecule has 3 N–H and O–H groups in total. The van der Waals surface area contributed by atoms with Crippen LogP contribution in [0.5, 0.6) is 0 Å². The van der Waals surface area contributed by atoms with Crippen molar-refractivity contribution >= 4 is 5.91 Å². The van der Waals surface area contributed by atoms with Crippen molar-refractivity contribution in [3.8, 4) is 0 Å². The van der Waals surface area contributed by atoms with E-state index in [1.807, 2.05) is 6.08 Å². The molecule has 0 spiro atoms. The van der Waals surface area contributed by atoms with Gasteiger partial charge in [-0.25, -0.2) is 0 Å². The second-order valence-corrected chi connectivity index (χ2v) is 13.7. The van der Waals surface area contributed by atoms with Gasteiger partial charge in [-0.15, -0.1) is 0 Å². The summed E-state index contributed by atoms with van der Waals surface area (Å²) < 4.78 is 0.